The van der Waals surface area contributed by atoms with Gasteiger partial charge in [0.1, 0.15) is 5.82 Å². The second-order valence-corrected chi connectivity index (χ2v) is 5.12. The van der Waals surface area contributed by atoms with Crippen molar-refractivity contribution >= 4 is 27.5 Å². The molecule has 0 bridgehead atoms. The first kappa shape index (κ1) is 12.6. The molecule has 0 aliphatic carbocycles. The molecule has 0 nitrogen and oxygen atoms in total. The van der Waals surface area contributed by atoms with Crippen LogP contribution in [0.5, 0.6) is 0 Å². The highest BCUT2D eigenvalue weighted by atomic mass is 79.9. The van der Waals surface area contributed by atoms with Crippen LogP contribution in [0, 0.1) is 5.82 Å². The third-order valence-corrected chi connectivity index (χ3v) is 3.80. The zero-order valence-corrected chi connectivity index (χ0v) is 11.4. The van der Waals surface area contributed by atoms with Crippen LogP contribution in [0.3, 0.4) is 0 Å². The summed E-state index contributed by atoms with van der Waals surface area (Å²) < 4.78 is 13.8. The van der Waals surface area contributed by atoms with E-state index in [2.05, 4.69) is 15.9 Å². The Morgan fingerprint density at radius 3 is 2.47 bits per heavy atom. The Hall–Kier alpha value is -0.860. The third-order valence-electron chi connectivity index (χ3n) is 2.58. The fraction of sp³-hybridized carbons (Fsp3) is 0.143. The lowest BCUT2D eigenvalue weighted by molar-refractivity contribution is 0.617. The monoisotopic (exact) mass is 312 g/mol. The van der Waals surface area contributed by atoms with Gasteiger partial charge in [-0.05, 0) is 39.5 Å². The van der Waals surface area contributed by atoms with Crippen LogP contribution in [0.4, 0.5) is 4.39 Å². The maximum atomic E-state index is 13.4. The number of halogens is 3. The van der Waals surface area contributed by atoms with Crippen LogP contribution >= 0.6 is 27.5 Å². The number of hydrogen-bond acceptors (Lipinski definition) is 0. The van der Waals surface area contributed by atoms with Gasteiger partial charge in [-0.2, -0.15) is 0 Å². The molecule has 0 aliphatic rings. The lowest BCUT2D eigenvalue weighted by Gasteiger charge is -2.12. The molecule has 88 valence electrons. The minimum Gasteiger partial charge on any atom is -0.206 e. The Kier molecular flexibility index (Phi) is 4.19. The molecule has 0 amide bonds. The van der Waals surface area contributed by atoms with Crippen molar-refractivity contribution in [3.63, 3.8) is 0 Å². The Morgan fingerprint density at radius 1 is 1.06 bits per heavy atom. The molecular formula is C14H11BrClF. The molecule has 1 unspecified atom stereocenters. The molecule has 17 heavy (non-hydrogen) atoms. The molecular weight excluding hydrogens is 303 g/mol. The first-order chi connectivity index (χ1) is 8.18. The lowest BCUT2D eigenvalue weighted by atomic mass is 10.0. The Labute approximate surface area is 114 Å². The van der Waals surface area contributed by atoms with Gasteiger partial charge in [-0.25, -0.2) is 4.39 Å². The summed E-state index contributed by atoms with van der Waals surface area (Å²) in [5.74, 6) is -0.277. The van der Waals surface area contributed by atoms with Gasteiger partial charge in [0.05, 0.1) is 9.85 Å². The summed E-state index contributed by atoms with van der Waals surface area (Å²) in [6.45, 7) is 0. The normalized spacial score (nSPS) is 12.4. The minimum absolute atomic E-state index is 0.234. The van der Waals surface area contributed by atoms with Crippen LogP contribution in [0.2, 0.25) is 0 Å². The van der Waals surface area contributed by atoms with E-state index in [0.717, 1.165) is 11.1 Å². The molecule has 2 aromatic carbocycles. The first-order valence-electron chi connectivity index (χ1n) is 5.30. The number of alkyl halides is 1. The number of rotatable bonds is 3. The van der Waals surface area contributed by atoms with E-state index in [1.807, 2.05) is 36.4 Å². The van der Waals surface area contributed by atoms with Gasteiger partial charge >= 0.3 is 0 Å². The van der Waals surface area contributed by atoms with E-state index in [0.29, 0.717) is 10.9 Å². The summed E-state index contributed by atoms with van der Waals surface area (Å²) in [6.07, 6.45) is 0.685. The molecule has 0 saturated heterocycles. The molecule has 0 aromatic heterocycles. The zero-order valence-electron chi connectivity index (χ0n) is 9.04. The molecule has 2 aromatic rings. The fourth-order valence-corrected chi connectivity index (χ4v) is 2.73. The van der Waals surface area contributed by atoms with Crippen molar-refractivity contribution in [1.82, 2.24) is 0 Å². The van der Waals surface area contributed by atoms with E-state index in [-0.39, 0.29) is 11.2 Å². The molecule has 2 rings (SSSR count). The van der Waals surface area contributed by atoms with Crippen LogP contribution in [0.25, 0.3) is 0 Å². The SMILES string of the molecule is Fc1cccc(C(Cl)Cc2ccccc2)c1Br. The van der Waals surface area contributed by atoms with E-state index >= 15 is 0 Å². The van der Waals surface area contributed by atoms with E-state index in [9.17, 15) is 4.39 Å². The Bertz CT molecular complexity index is 499. The van der Waals surface area contributed by atoms with Crippen LogP contribution in [-0.4, -0.2) is 0 Å². The number of benzene rings is 2. The predicted octanol–water partition coefficient (Wildman–Crippen LogP) is 5.11. The highest BCUT2D eigenvalue weighted by Gasteiger charge is 2.14. The summed E-state index contributed by atoms with van der Waals surface area (Å²) in [4.78, 5) is 0. The van der Waals surface area contributed by atoms with Crippen LogP contribution in [0.15, 0.2) is 53.0 Å². The van der Waals surface area contributed by atoms with E-state index < -0.39 is 0 Å². The van der Waals surface area contributed by atoms with Crippen LogP contribution < -0.4 is 0 Å². The molecule has 0 aliphatic heterocycles. The predicted molar refractivity (Wildman–Crippen MR) is 72.8 cm³/mol. The average Bonchev–Trinajstić information content (AvgIpc) is 2.34. The molecule has 1 atom stereocenters. The van der Waals surface area contributed by atoms with Crippen molar-refractivity contribution in [2.75, 3.05) is 0 Å². The maximum Gasteiger partial charge on any atom is 0.137 e. The molecule has 0 fully saturated rings. The summed E-state index contributed by atoms with van der Waals surface area (Å²) in [5.41, 5.74) is 1.93. The highest BCUT2D eigenvalue weighted by molar-refractivity contribution is 9.10. The van der Waals surface area contributed by atoms with Gasteiger partial charge in [0, 0.05) is 0 Å². The van der Waals surface area contributed by atoms with Gasteiger partial charge in [-0.15, -0.1) is 11.6 Å². The topological polar surface area (TPSA) is 0 Å². The van der Waals surface area contributed by atoms with E-state index in [1.54, 1.807) is 6.07 Å². The van der Waals surface area contributed by atoms with Gasteiger partial charge in [-0.1, -0.05) is 42.5 Å². The van der Waals surface area contributed by atoms with Crippen LogP contribution in [-0.2, 0) is 6.42 Å². The Balaban J connectivity index is 2.20. The van der Waals surface area contributed by atoms with Gasteiger partial charge in [0.2, 0.25) is 0 Å². The standard InChI is InChI=1S/C14H11BrClF/c15-14-11(7-4-8-13(14)17)12(16)9-10-5-2-1-3-6-10/h1-8,12H,9H2. The first-order valence-corrected chi connectivity index (χ1v) is 6.53. The van der Waals surface area contributed by atoms with Crippen molar-refractivity contribution in [2.24, 2.45) is 0 Å². The molecule has 0 saturated carbocycles. The van der Waals surface area contributed by atoms with Crippen molar-refractivity contribution in [3.8, 4) is 0 Å². The molecule has 0 N–H and O–H groups in total. The summed E-state index contributed by atoms with van der Waals surface area (Å²) in [6, 6.07) is 14.9. The minimum atomic E-state index is -0.277. The number of hydrogen-bond donors (Lipinski definition) is 0. The quantitative estimate of drug-likeness (QED) is 0.691. The lowest BCUT2D eigenvalue weighted by Crippen LogP contribution is -1.98. The second kappa shape index (κ2) is 5.65. The largest absolute Gasteiger partial charge is 0.206 e. The van der Waals surface area contributed by atoms with Crippen molar-refractivity contribution in [3.05, 3.63) is 69.9 Å². The van der Waals surface area contributed by atoms with Crippen LogP contribution in [0.1, 0.15) is 16.5 Å². The highest BCUT2D eigenvalue weighted by Crippen LogP contribution is 2.32. The molecule has 0 heterocycles. The molecule has 0 spiro atoms. The molecule has 3 heteroatoms. The summed E-state index contributed by atoms with van der Waals surface area (Å²) in [5, 5.41) is -0.234. The zero-order chi connectivity index (χ0) is 12.3. The fourth-order valence-electron chi connectivity index (χ4n) is 1.69. The van der Waals surface area contributed by atoms with Gasteiger partial charge < -0.3 is 0 Å². The van der Waals surface area contributed by atoms with Crippen molar-refractivity contribution < 1.29 is 4.39 Å². The van der Waals surface area contributed by atoms with Crippen molar-refractivity contribution in [2.45, 2.75) is 11.8 Å². The summed E-state index contributed by atoms with van der Waals surface area (Å²) in [7, 11) is 0. The molecule has 0 radical (unpaired) electrons. The van der Waals surface area contributed by atoms with Gasteiger partial charge in [0.25, 0.3) is 0 Å². The second-order valence-electron chi connectivity index (χ2n) is 3.80. The van der Waals surface area contributed by atoms with Crippen molar-refractivity contribution in [1.29, 1.82) is 0 Å². The average molecular weight is 314 g/mol. The van der Waals surface area contributed by atoms with E-state index in [4.69, 9.17) is 11.6 Å². The van der Waals surface area contributed by atoms with Gasteiger partial charge in [-0.3, -0.25) is 0 Å². The third kappa shape index (κ3) is 3.08. The smallest absolute Gasteiger partial charge is 0.137 e. The maximum absolute atomic E-state index is 13.4. The Morgan fingerprint density at radius 2 is 1.76 bits per heavy atom. The van der Waals surface area contributed by atoms with E-state index in [1.165, 1.54) is 6.07 Å². The van der Waals surface area contributed by atoms with Gasteiger partial charge in [0.15, 0.2) is 0 Å². The summed E-state index contributed by atoms with van der Waals surface area (Å²) >= 11 is 9.56.